The number of benzene rings is 1. The Hall–Kier alpha value is -1.10. The number of anilines is 1. The summed E-state index contributed by atoms with van der Waals surface area (Å²) in [4.78, 5) is 0. The highest BCUT2D eigenvalue weighted by atomic mass is 16.3. The highest BCUT2D eigenvalue weighted by Gasteiger charge is 2.19. The molecule has 1 rings (SSSR count). The second-order valence-corrected chi connectivity index (χ2v) is 4.14. The lowest BCUT2D eigenvalue weighted by Crippen LogP contribution is -2.30. The Kier molecular flexibility index (Phi) is 4.29. The van der Waals surface area contributed by atoms with Gasteiger partial charge >= 0.3 is 0 Å². The number of likely N-dealkylation sites (N-methyl/N-ethyl adjacent to an activating group) is 1. The molecule has 0 aliphatic heterocycles. The third-order valence-electron chi connectivity index (χ3n) is 2.75. The monoisotopic (exact) mass is 224 g/mol. The predicted molar refractivity (Wildman–Crippen MR) is 65.2 cm³/mol. The zero-order chi connectivity index (χ0) is 12.3. The number of rotatable bonds is 4. The predicted octanol–water partition coefficient (Wildman–Crippen LogP) is 0.499. The van der Waals surface area contributed by atoms with Crippen LogP contribution in [0.2, 0.25) is 0 Å². The molecule has 0 aromatic heterocycles. The molecule has 0 aliphatic rings. The molecule has 4 nitrogen and oxygen atoms in total. The Morgan fingerprint density at radius 3 is 2.44 bits per heavy atom. The van der Waals surface area contributed by atoms with Crippen LogP contribution in [0.3, 0.4) is 0 Å². The maximum atomic E-state index is 9.99. The highest BCUT2D eigenvalue weighted by molar-refractivity contribution is 5.51. The largest absolute Gasteiger partial charge is 0.399 e. The molecule has 0 radical (unpaired) electrons. The van der Waals surface area contributed by atoms with Crippen LogP contribution >= 0.6 is 0 Å². The third-order valence-corrected chi connectivity index (χ3v) is 2.75. The fraction of sp³-hybridized carbons (Fsp3) is 0.500. The van der Waals surface area contributed by atoms with Gasteiger partial charge in [0.05, 0.1) is 6.10 Å². The molecule has 0 aliphatic carbocycles. The van der Waals surface area contributed by atoms with Crippen LogP contribution in [-0.2, 0) is 0 Å². The first kappa shape index (κ1) is 13.0. The average molecular weight is 224 g/mol. The molecular weight excluding hydrogens is 204 g/mol. The summed E-state index contributed by atoms with van der Waals surface area (Å²) in [7, 11) is 1.73. The minimum atomic E-state index is -0.883. The smallest absolute Gasteiger partial charge is 0.106 e. The van der Waals surface area contributed by atoms with E-state index in [4.69, 9.17) is 5.73 Å². The van der Waals surface area contributed by atoms with E-state index >= 15 is 0 Å². The van der Waals surface area contributed by atoms with Gasteiger partial charge in [0.2, 0.25) is 0 Å². The SMILES string of the molecule is CNCC(O)C(O)c1cc(C)c(N)cc1C. The number of aliphatic hydroxyl groups is 2. The van der Waals surface area contributed by atoms with E-state index in [0.717, 1.165) is 16.7 Å². The number of hydrogen-bond donors (Lipinski definition) is 4. The van der Waals surface area contributed by atoms with E-state index in [-0.39, 0.29) is 0 Å². The van der Waals surface area contributed by atoms with Crippen LogP contribution in [0.15, 0.2) is 12.1 Å². The first-order valence-corrected chi connectivity index (χ1v) is 5.34. The van der Waals surface area contributed by atoms with Crippen molar-refractivity contribution in [2.24, 2.45) is 0 Å². The van der Waals surface area contributed by atoms with Crippen molar-refractivity contribution >= 4 is 5.69 Å². The summed E-state index contributed by atoms with van der Waals surface area (Å²) >= 11 is 0. The summed E-state index contributed by atoms with van der Waals surface area (Å²) in [6.45, 7) is 4.11. The Bertz CT molecular complexity index is 366. The highest BCUT2D eigenvalue weighted by Crippen LogP contribution is 2.25. The van der Waals surface area contributed by atoms with Crippen molar-refractivity contribution in [3.05, 3.63) is 28.8 Å². The molecule has 1 aromatic carbocycles. The number of aliphatic hydroxyl groups excluding tert-OH is 2. The molecule has 16 heavy (non-hydrogen) atoms. The van der Waals surface area contributed by atoms with Crippen molar-refractivity contribution in [3.63, 3.8) is 0 Å². The Morgan fingerprint density at radius 2 is 1.88 bits per heavy atom. The fourth-order valence-corrected chi connectivity index (χ4v) is 1.71. The van der Waals surface area contributed by atoms with Crippen molar-refractivity contribution in [1.82, 2.24) is 5.32 Å². The quantitative estimate of drug-likeness (QED) is 0.562. The lowest BCUT2D eigenvalue weighted by atomic mass is 9.96. The number of hydrogen-bond acceptors (Lipinski definition) is 4. The van der Waals surface area contributed by atoms with Gasteiger partial charge in [-0.2, -0.15) is 0 Å². The minimum Gasteiger partial charge on any atom is -0.399 e. The molecule has 4 heteroatoms. The molecule has 5 N–H and O–H groups in total. The van der Waals surface area contributed by atoms with Gasteiger partial charge in [-0.05, 0) is 43.7 Å². The first-order valence-electron chi connectivity index (χ1n) is 5.34. The van der Waals surface area contributed by atoms with Crippen LogP contribution in [0, 0.1) is 13.8 Å². The molecule has 2 unspecified atom stereocenters. The van der Waals surface area contributed by atoms with Gasteiger partial charge in [-0.15, -0.1) is 0 Å². The average Bonchev–Trinajstić information content (AvgIpc) is 2.23. The molecule has 0 spiro atoms. The van der Waals surface area contributed by atoms with Crippen molar-refractivity contribution in [2.45, 2.75) is 26.1 Å². The number of nitrogens with two attached hydrogens (primary N) is 1. The summed E-state index contributed by atoms with van der Waals surface area (Å²) in [6, 6.07) is 3.65. The zero-order valence-electron chi connectivity index (χ0n) is 9.99. The van der Waals surface area contributed by atoms with Gasteiger partial charge in [0.1, 0.15) is 6.10 Å². The Balaban J connectivity index is 2.99. The second kappa shape index (κ2) is 5.30. The van der Waals surface area contributed by atoms with Crippen LogP contribution in [0.25, 0.3) is 0 Å². The number of aryl methyl sites for hydroxylation is 2. The second-order valence-electron chi connectivity index (χ2n) is 4.14. The molecule has 0 fully saturated rings. The van der Waals surface area contributed by atoms with Crippen LogP contribution < -0.4 is 11.1 Å². The molecule has 90 valence electrons. The molecule has 2 atom stereocenters. The maximum absolute atomic E-state index is 9.99. The molecule has 0 bridgehead atoms. The molecule has 0 amide bonds. The van der Waals surface area contributed by atoms with E-state index in [1.54, 1.807) is 7.05 Å². The van der Waals surface area contributed by atoms with Crippen molar-refractivity contribution in [3.8, 4) is 0 Å². The summed E-state index contributed by atoms with van der Waals surface area (Å²) in [6.07, 6.45) is -1.70. The van der Waals surface area contributed by atoms with Gasteiger partial charge in [-0.3, -0.25) is 0 Å². The topological polar surface area (TPSA) is 78.5 Å². The van der Waals surface area contributed by atoms with E-state index in [0.29, 0.717) is 12.2 Å². The van der Waals surface area contributed by atoms with Crippen molar-refractivity contribution in [2.75, 3.05) is 19.3 Å². The maximum Gasteiger partial charge on any atom is 0.106 e. The summed E-state index contributed by atoms with van der Waals surface area (Å²) < 4.78 is 0. The van der Waals surface area contributed by atoms with Gasteiger partial charge in [0.15, 0.2) is 0 Å². The molecule has 0 saturated carbocycles. The Labute approximate surface area is 96.1 Å². The van der Waals surface area contributed by atoms with E-state index in [1.165, 1.54) is 0 Å². The first-order chi connectivity index (χ1) is 7.47. The standard InChI is InChI=1S/C12H20N2O2/c1-7-5-10(13)8(2)4-9(7)12(16)11(15)6-14-3/h4-5,11-12,14-16H,6,13H2,1-3H3. The molecule has 0 heterocycles. The minimum absolute atomic E-state index is 0.351. The summed E-state index contributed by atoms with van der Waals surface area (Å²) in [5, 5.41) is 22.5. The van der Waals surface area contributed by atoms with Gasteiger partial charge in [-0.1, -0.05) is 6.07 Å². The van der Waals surface area contributed by atoms with Crippen LogP contribution in [0.1, 0.15) is 22.8 Å². The van der Waals surface area contributed by atoms with Crippen LogP contribution in [0.4, 0.5) is 5.69 Å². The lowest BCUT2D eigenvalue weighted by molar-refractivity contribution is 0.0198. The third kappa shape index (κ3) is 2.72. The number of nitrogen functional groups attached to an aromatic ring is 1. The van der Waals surface area contributed by atoms with Gasteiger partial charge in [-0.25, -0.2) is 0 Å². The Morgan fingerprint density at radius 1 is 1.25 bits per heavy atom. The normalized spacial score (nSPS) is 14.8. The van der Waals surface area contributed by atoms with E-state index < -0.39 is 12.2 Å². The van der Waals surface area contributed by atoms with Gasteiger partial charge < -0.3 is 21.3 Å². The summed E-state index contributed by atoms with van der Waals surface area (Å²) in [5.74, 6) is 0. The molecule has 0 saturated heterocycles. The molecule has 1 aromatic rings. The van der Waals surface area contributed by atoms with Gasteiger partial charge in [0.25, 0.3) is 0 Å². The van der Waals surface area contributed by atoms with Crippen LogP contribution in [0.5, 0.6) is 0 Å². The van der Waals surface area contributed by atoms with E-state index in [2.05, 4.69) is 5.32 Å². The van der Waals surface area contributed by atoms with Crippen molar-refractivity contribution in [1.29, 1.82) is 0 Å². The number of nitrogens with one attached hydrogen (secondary N) is 1. The summed E-state index contributed by atoms with van der Waals surface area (Å²) in [5.41, 5.74) is 9.01. The van der Waals surface area contributed by atoms with E-state index in [1.807, 2.05) is 26.0 Å². The zero-order valence-corrected chi connectivity index (χ0v) is 9.99. The van der Waals surface area contributed by atoms with E-state index in [9.17, 15) is 10.2 Å². The fourth-order valence-electron chi connectivity index (χ4n) is 1.71. The lowest BCUT2D eigenvalue weighted by Gasteiger charge is -2.20. The van der Waals surface area contributed by atoms with Crippen LogP contribution in [-0.4, -0.2) is 29.9 Å². The van der Waals surface area contributed by atoms with Crippen molar-refractivity contribution < 1.29 is 10.2 Å². The molecular formula is C12H20N2O2. The van der Waals surface area contributed by atoms with Gasteiger partial charge in [0, 0.05) is 12.2 Å².